The van der Waals surface area contributed by atoms with Gasteiger partial charge in [-0.2, -0.15) is 5.90 Å². The zero-order valence-electron chi connectivity index (χ0n) is 32.6. The highest BCUT2D eigenvalue weighted by molar-refractivity contribution is 7.22. The predicted molar refractivity (Wildman–Crippen MR) is 204 cm³/mol. The number of fused-ring (bicyclic) bond motifs is 2. The second kappa shape index (κ2) is 16.3. The summed E-state index contributed by atoms with van der Waals surface area (Å²) in [6, 6.07) is 8.63. The fourth-order valence-corrected chi connectivity index (χ4v) is 9.16. The lowest BCUT2D eigenvalue weighted by atomic mass is 9.79. The molecule has 3 aromatic rings. The Morgan fingerprint density at radius 2 is 1.18 bits per heavy atom. The first-order valence-corrected chi connectivity index (χ1v) is 20.0. The molecule has 2 aromatic carbocycles. The van der Waals surface area contributed by atoms with E-state index in [0.29, 0.717) is 78.5 Å². The molecule has 56 heavy (non-hydrogen) atoms. The van der Waals surface area contributed by atoms with Gasteiger partial charge in [-0.1, -0.05) is 37.3 Å². The Morgan fingerprint density at radius 1 is 0.732 bits per heavy atom. The van der Waals surface area contributed by atoms with Crippen molar-refractivity contribution in [3.63, 3.8) is 0 Å². The number of carbonyl (C=O) groups excluding carboxylic acids is 6. The maximum absolute atomic E-state index is 14.8. The summed E-state index contributed by atoms with van der Waals surface area (Å²) < 4.78 is 23.6. The molecule has 2 saturated carbocycles. The number of carbonyl (C=O) groups is 6. The highest BCUT2D eigenvalue weighted by Gasteiger charge is 2.49. The third kappa shape index (κ3) is 7.50. The number of methoxy groups -OCH3 is 2. The summed E-state index contributed by atoms with van der Waals surface area (Å²) in [7, 11) is 2.89. The zero-order chi connectivity index (χ0) is 40.5. The van der Waals surface area contributed by atoms with E-state index in [9.17, 15) is 28.8 Å². The molecule has 2 unspecified atom stereocenters. The molecule has 2 atom stereocenters. The van der Waals surface area contributed by atoms with Crippen LogP contribution in [0.1, 0.15) is 124 Å². The number of nitrogens with two attached hydrogens (primary N) is 1. The third-order valence-corrected chi connectivity index (χ3v) is 13.1. The van der Waals surface area contributed by atoms with Gasteiger partial charge in [0.05, 0.1) is 59.2 Å². The molecule has 14 nitrogen and oxygen atoms in total. The molecule has 2 aliphatic carbocycles. The summed E-state index contributed by atoms with van der Waals surface area (Å²) in [5.41, 5.74) is -1.35. The van der Waals surface area contributed by atoms with Gasteiger partial charge in [0.1, 0.15) is 17.0 Å². The lowest BCUT2D eigenvalue weighted by Crippen LogP contribution is -2.37. The molecule has 2 N–H and O–H groups in total. The second-order valence-corrected chi connectivity index (χ2v) is 16.3. The minimum atomic E-state index is -1.35. The van der Waals surface area contributed by atoms with E-state index in [2.05, 4.69) is 9.82 Å². The third-order valence-electron chi connectivity index (χ3n) is 12.1. The van der Waals surface area contributed by atoms with Crippen molar-refractivity contribution in [2.24, 2.45) is 29.6 Å². The van der Waals surface area contributed by atoms with Gasteiger partial charge in [0.2, 0.25) is 5.13 Å². The van der Waals surface area contributed by atoms with Crippen LogP contribution in [-0.2, 0) is 49.4 Å². The number of nitrogens with zero attached hydrogens (tertiary/aromatic N) is 2. The molecule has 300 valence electrons. The molecule has 15 heteroatoms. The molecule has 2 heterocycles. The summed E-state index contributed by atoms with van der Waals surface area (Å²) in [5, 5.41) is 0.150. The summed E-state index contributed by atoms with van der Waals surface area (Å²) >= 11 is 1.16. The van der Waals surface area contributed by atoms with Gasteiger partial charge in [0, 0.05) is 11.1 Å². The maximum Gasteiger partial charge on any atom is 0.327 e. The van der Waals surface area contributed by atoms with Gasteiger partial charge in [0.25, 0.3) is 11.8 Å². The van der Waals surface area contributed by atoms with Crippen LogP contribution in [0.15, 0.2) is 30.3 Å². The van der Waals surface area contributed by atoms with Crippen LogP contribution in [-0.4, -0.2) is 54.9 Å². The van der Waals surface area contributed by atoms with Crippen LogP contribution in [0, 0.1) is 23.7 Å². The number of ether oxygens (including phenoxy) is 4. The predicted octanol–water partition coefficient (Wildman–Crippen LogP) is 6.65. The monoisotopic (exact) mass is 791 g/mol. The highest BCUT2D eigenvalue weighted by atomic mass is 32.1. The minimum Gasteiger partial charge on any atom is -0.497 e. The standard InChI is InChI=1S/C41H49N3O11S/c1-7-40(3,53-36(48)23-11-9-22(10-12-23)35(47)52-6)27-18-19-28(41(4,8-2)54-37(49)24-13-15-25(16-14-24)38(50)55-42)32-31(27)33(45)44(34(32)46)39-43-29-20-17-26(51-5)21-30(29)56-39/h17-25H,7-16,42H2,1-6H3. The number of thiazole rings is 1. The molecule has 0 radical (unpaired) electrons. The normalized spacial score (nSPS) is 23.1. The van der Waals surface area contributed by atoms with E-state index in [1.54, 1.807) is 51.3 Å². The summed E-state index contributed by atoms with van der Waals surface area (Å²) in [6.45, 7) is 7.10. The van der Waals surface area contributed by atoms with Crippen molar-refractivity contribution >= 4 is 62.4 Å². The van der Waals surface area contributed by atoms with E-state index >= 15 is 0 Å². The number of anilines is 1. The molecule has 0 spiro atoms. The van der Waals surface area contributed by atoms with Gasteiger partial charge in [-0.3, -0.25) is 28.8 Å². The van der Waals surface area contributed by atoms with Crippen LogP contribution in [0.4, 0.5) is 5.13 Å². The first-order chi connectivity index (χ1) is 26.7. The van der Waals surface area contributed by atoms with Crippen LogP contribution in [0.5, 0.6) is 5.75 Å². The van der Waals surface area contributed by atoms with Crippen molar-refractivity contribution in [2.75, 3.05) is 19.1 Å². The Kier molecular flexibility index (Phi) is 11.9. The van der Waals surface area contributed by atoms with Crippen LogP contribution >= 0.6 is 11.3 Å². The molecule has 0 saturated heterocycles. The van der Waals surface area contributed by atoms with Crippen molar-refractivity contribution in [3.05, 3.63) is 52.6 Å². The van der Waals surface area contributed by atoms with E-state index < -0.39 is 58.7 Å². The zero-order valence-corrected chi connectivity index (χ0v) is 33.5. The first-order valence-electron chi connectivity index (χ1n) is 19.2. The average molecular weight is 792 g/mol. The number of aromatic nitrogens is 1. The van der Waals surface area contributed by atoms with E-state index in [1.807, 2.05) is 13.8 Å². The maximum atomic E-state index is 14.8. The Hall–Kier alpha value is -4.89. The van der Waals surface area contributed by atoms with Gasteiger partial charge in [-0.15, -0.1) is 0 Å². The van der Waals surface area contributed by atoms with Crippen molar-refractivity contribution in [1.29, 1.82) is 0 Å². The van der Waals surface area contributed by atoms with Crippen LogP contribution < -0.4 is 15.5 Å². The SMILES string of the molecule is CCC(C)(OC(=O)C1CCC(C(=O)OC)CC1)c1ccc(C(C)(CC)OC(=O)C2CCC(C(=O)ON)CC2)c2c1C(=O)N(c1nc3ccc(OC)cc3s1)C2=O. The molecular formula is C41H49N3O11S. The Bertz CT molecular complexity index is 1950. The Balaban J connectivity index is 1.38. The first kappa shape index (κ1) is 40.8. The Labute approximate surface area is 329 Å². The van der Waals surface area contributed by atoms with Crippen molar-refractivity contribution in [3.8, 4) is 5.75 Å². The lowest BCUT2D eigenvalue weighted by molar-refractivity contribution is -0.168. The number of benzene rings is 2. The Morgan fingerprint density at radius 3 is 1.59 bits per heavy atom. The van der Waals surface area contributed by atoms with Gasteiger partial charge in [0.15, 0.2) is 0 Å². The lowest BCUT2D eigenvalue weighted by Gasteiger charge is -2.36. The number of amides is 2. The van der Waals surface area contributed by atoms with E-state index in [1.165, 1.54) is 7.11 Å². The average Bonchev–Trinajstić information content (AvgIpc) is 3.76. The summed E-state index contributed by atoms with van der Waals surface area (Å²) in [5.74, 6) is 1.03. The highest BCUT2D eigenvalue weighted by Crippen LogP contribution is 2.46. The number of hydrogen-bond donors (Lipinski definition) is 1. The van der Waals surface area contributed by atoms with Gasteiger partial charge in [-0.25, -0.2) is 9.88 Å². The van der Waals surface area contributed by atoms with Gasteiger partial charge >= 0.3 is 23.9 Å². The largest absolute Gasteiger partial charge is 0.497 e. The quantitative estimate of drug-likeness (QED) is 0.0889. The molecule has 2 fully saturated rings. The van der Waals surface area contributed by atoms with Gasteiger partial charge in [-0.05, 0) is 96.3 Å². The molecule has 3 aliphatic rings. The van der Waals surface area contributed by atoms with Crippen molar-refractivity contribution in [1.82, 2.24) is 4.98 Å². The molecular weight excluding hydrogens is 743 g/mol. The summed E-state index contributed by atoms with van der Waals surface area (Å²) in [6.07, 6.45) is 4.03. The summed E-state index contributed by atoms with van der Waals surface area (Å²) in [4.78, 5) is 91.3. The van der Waals surface area contributed by atoms with E-state index in [4.69, 9.17) is 24.8 Å². The van der Waals surface area contributed by atoms with Crippen molar-refractivity contribution < 1.29 is 52.6 Å². The van der Waals surface area contributed by atoms with Crippen LogP contribution in [0.2, 0.25) is 0 Å². The fourth-order valence-electron chi connectivity index (χ4n) is 8.17. The number of esters is 3. The molecule has 1 aromatic heterocycles. The molecule has 0 bridgehead atoms. The van der Waals surface area contributed by atoms with Gasteiger partial charge < -0.3 is 23.8 Å². The van der Waals surface area contributed by atoms with E-state index in [-0.39, 0.29) is 41.0 Å². The molecule has 2 amide bonds. The van der Waals surface area contributed by atoms with E-state index in [0.717, 1.165) is 16.2 Å². The van der Waals surface area contributed by atoms with Crippen LogP contribution in [0.3, 0.4) is 0 Å². The molecule has 6 rings (SSSR count). The number of imide groups is 1. The van der Waals surface area contributed by atoms with Crippen LogP contribution in [0.25, 0.3) is 10.2 Å². The van der Waals surface area contributed by atoms with Crippen molar-refractivity contribution in [2.45, 2.75) is 103 Å². The topological polar surface area (TPSA) is 191 Å². The number of rotatable bonds is 12. The smallest absolute Gasteiger partial charge is 0.327 e. The number of hydrogen-bond acceptors (Lipinski definition) is 14. The fraction of sp³-hybridized carbons (Fsp3) is 0.537. The molecule has 1 aliphatic heterocycles. The minimum absolute atomic E-state index is 0.0465. The second-order valence-electron chi connectivity index (χ2n) is 15.3.